The molecule has 166 valence electrons. The van der Waals surface area contributed by atoms with Crippen molar-refractivity contribution in [1.82, 2.24) is 0 Å². The summed E-state index contributed by atoms with van der Waals surface area (Å²) in [5.41, 5.74) is 0.577. The lowest BCUT2D eigenvalue weighted by Crippen LogP contribution is -2.58. The number of rotatable bonds is 4. The Morgan fingerprint density at radius 2 is 1.72 bits per heavy atom. The van der Waals surface area contributed by atoms with Crippen molar-refractivity contribution in [2.75, 3.05) is 7.11 Å². The molecule has 0 heterocycles. The van der Waals surface area contributed by atoms with Gasteiger partial charge in [0.1, 0.15) is 0 Å². The second-order valence-corrected chi connectivity index (χ2v) is 11.5. The van der Waals surface area contributed by atoms with Crippen LogP contribution in [0.15, 0.2) is 0 Å². The van der Waals surface area contributed by atoms with Gasteiger partial charge >= 0.3 is 5.97 Å². The predicted octanol–water partition coefficient (Wildman–Crippen LogP) is 4.57. The molecule has 0 saturated heterocycles. The SMILES string of the molecule is COC(=O)CC[C@H](C)[C@@H]1CC[C@@H]2[C@@H]3[C@H](O)C[C@@H]4C[C@H](O)CC[C@]4(C)[C@@H]3CC[C@@]21C. The first-order valence-electron chi connectivity index (χ1n) is 12.1. The van der Waals surface area contributed by atoms with E-state index in [-0.39, 0.29) is 23.6 Å². The fraction of sp³-hybridized carbons (Fsp3) is 0.960. The number of aliphatic hydroxyl groups is 2. The molecule has 0 bridgehead atoms. The summed E-state index contributed by atoms with van der Waals surface area (Å²) in [4.78, 5) is 11.6. The molecule has 4 saturated carbocycles. The van der Waals surface area contributed by atoms with Crippen molar-refractivity contribution in [2.24, 2.45) is 46.3 Å². The average molecular weight is 407 g/mol. The molecular formula is C25H42O4. The molecule has 4 nitrogen and oxygen atoms in total. The second kappa shape index (κ2) is 7.82. The van der Waals surface area contributed by atoms with Crippen molar-refractivity contribution < 1.29 is 19.7 Å². The Kier molecular flexibility index (Phi) is 5.83. The van der Waals surface area contributed by atoms with Gasteiger partial charge in [-0.3, -0.25) is 4.79 Å². The van der Waals surface area contributed by atoms with E-state index >= 15 is 0 Å². The Hall–Kier alpha value is -0.610. The van der Waals surface area contributed by atoms with Gasteiger partial charge < -0.3 is 14.9 Å². The molecule has 29 heavy (non-hydrogen) atoms. The maximum Gasteiger partial charge on any atom is 0.305 e. The van der Waals surface area contributed by atoms with Gasteiger partial charge in [0.25, 0.3) is 0 Å². The highest BCUT2D eigenvalue weighted by Crippen LogP contribution is 2.68. The summed E-state index contributed by atoms with van der Waals surface area (Å²) in [5.74, 6) is 3.17. The van der Waals surface area contributed by atoms with Crippen molar-refractivity contribution >= 4 is 5.97 Å². The standard InChI is InChI=1S/C25H42O4/c1-15(5-8-22(28)29-4)18-6-7-19-23-20(10-12-25(18,19)3)24(2)11-9-17(26)13-16(24)14-21(23)27/h15-21,23,26-27H,5-14H2,1-4H3/t15-,16-,17+,18-,19+,20+,21+,23-,24-,25+/m0/s1. The number of fused-ring (bicyclic) bond motifs is 5. The van der Waals surface area contributed by atoms with Crippen molar-refractivity contribution in [1.29, 1.82) is 0 Å². The number of carbonyl (C=O) groups is 1. The first kappa shape index (κ1) is 21.6. The summed E-state index contributed by atoms with van der Waals surface area (Å²) in [6.07, 6.45) is 9.80. The van der Waals surface area contributed by atoms with Crippen LogP contribution in [0.1, 0.15) is 85.0 Å². The normalized spacial score (nSPS) is 50.2. The number of esters is 1. The number of carbonyl (C=O) groups excluding carboxylic acids is 1. The van der Waals surface area contributed by atoms with Gasteiger partial charge in [-0.1, -0.05) is 20.8 Å². The smallest absolute Gasteiger partial charge is 0.305 e. The number of hydrogen-bond acceptors (Lipinski definition) is 4. The fourth-order valence-corrected chi connectivity index (χ4v) is 8.82. The summed E-state index contributed by atoms with van der Waals surface area (Å²) in [7, 11) is 1.48. The third-order valence-electron chi connectivity index (χ3n) is 10.4. The van der Waals surface area contributed by atoms with Crippen molar-refractivity contribution in [3.63, 3.8) is 0 Å². The van der Waals surface area contributed by atoms with Crippen molar-refractivity contribution in [2.45, 2.75) is 97.2 Å². The van der Waals surface area contributed by atoms with Crippen molar-refractivity contribution in [3.05, 3.63) is 0 Å². The van der Waals surface area contributed by atoms with Gasteiger partial charge in [0, 0.05) is 6.42 Å². The van der Waals surface area contributed by atoms with Crippen LogP contribution in [0.4, 0.5) is 0 Å². The molecule has 0 amide bonds. The Balaban J connectivity index is 1.53. The molecule has 0 spiro atoms. The monoisotopic (exact) mass is 406 g/mol. The molecule has 0 aliphatic heterocycles. The molecule has 2 N–H and O–H groups in total. The van der Waals surface area contributed by atoms with Gasteiger partial charge in [-0.25, -0.2) is 0 Å². The largest absolute Gasteiger partial charge is 0.469 e. The van der Waals surface area contributed by atoms with E-state index in [1.54, 1.807) is 0 Å². The summed E-state index contributed by atoms with van der Waals surface area (Å²) < 4.78 is 4.86. The van der Waals surface area contributed by atoms with Crippen LogP contribution < -0.4 is 0 Å². The zero-order chi connectivity index (χ0) is 21.0. The van der Waals surface area contributed by atoms with Crippen LogP contribution in [0.2, 0.25) is 0 Å². The van der Waals surface area contributed by atoms with Gasteiger partial charge in [-0.15, -0.1) is 0 Å². The highest BCUT2D eigenvalue weighted by molar-refractivity contribution is 5.69. The summed E-state index contributed by atoms with van der Waals surface area (Å²) in [6, 6.07) is 0. The van der Waals surface area contributed by atoms with E-state index in [2.05, 4.69) is 20.8 Å². The summed E-state index contributed by atoms with van der Waals surface area (Å²) in [5, 5.41) is 21.5. The average Bonchev–Trinajstić information content (AvgIpc) is 3.04. The van der Waals surface area contributed by atoms with Gasteiger partial charge in [-0.05, 0) is 104 Å². The van der Waals surface area contributed by atoms with E-state index in [9.17, 15) is 15.0 Å². The van der Waals surface area contributed by atoms with Gasteiger partial charge in [0.15, 0.2) is 0 Å². The van der Waals surface area contributed by atoms with Crippen LogP contribution >= 0.6 is 0 Å². The minimum Gasteiger partial charge on any atom is -0.469 e. The van der Waals surface area contributed by atoms with E-state index in [0.717, 1.165) is 32.1 Å². The topological polar surface area (TPSA) is 66.8 Å². The number of hydrogen-bond donors (Lipinski definition) is 2. The molecule has 4 aliphatic carbocycles. The van der Waals surface area contributed by atoms with E-state index in [1.165, 1.54) is 32.8 Å². The van der Waals surface area contributed by atoms with E-state index < -0.39 is 0 Å². The maximum absolute atomic E-state index is 11.6. The molecule has 0 aromatic rings. The zero-order valence-corrected chi connectivity index (χ0v) is 18.9. The molecule has 4 heteroatoms. The molecule has 4 rings (SSSR count). The number of aliphatic hydroxyl groups excluding tert-OH is 2. The Labute approximate surface area is 176 Å². The molecule has 0 aromatic carbocycles. The maximum atomic E-state index is 11.6. The third-order valence-corrected chi connectivity index (χ3v) is 10.4. The second-order valence-electron chi connectivity index (χ2n) is 11.5. The lowest BCUT2D eigenvalue weighted by atomic mass is 9.43. The molecule has 4 fully saturated rings. The number of ether oxygens (including phenoxy) is 1. The van der Waals surface area contributed by atoms with Crippen LogP contribution in [-0.4, -0.2) is 35.5 Å². The highest BCUT2D eigenvalue weighted by Gasteiger charge is 2.62. The number of methoxy groups -OCH3 is 1. The molecular weight excluding hydrogens is 364 g/mol. The van der Waals surface area contributed by atoms with Crippen LogP contribution in [0.25, 0.3) is 0 Å². The van der Waals surface area contributed by atoms with Crippen LogP contribution in [0.3, 0.4) is 0 Å². The minimum atomic E-state index is -0.211. The Morgan fingerprint density at radius 1 is 1.03 bits per heavy atom. The lowest BCUT2D eigenvalue weighted by molar-refractivity contribution is -0.174. The predicted molar refractivity (Wildman–Crippen MR) is 113 cm³/mol. The molecule has 10 atom stereocenters. The van der Waals surface area contributed by atoms with E-state index in [4.69, 9.17) is 4.74 Å². The molecule has 0 unspecified atom stereocenters. The molecule has 4 aliphatic rings. The summed E-state index contributed by atoms with van der Waals surface area (Å²) in [6.45, 7) is 7.29. The van der Waals surface area contributed by atoms with Gasteiger partial charge in [-0.2, -0.15) is 0 Å². The van der Waals surface area contributed by atoms with Crippen LogP contribution in [0, 0.1) is 46.3 Å². The third kappa shape index (κ3) is 3.46. The minimum absolute atomic E-state index is 0.0959. The van der Waals surface area contributed by atoms with E-state index in [0.29, 0.717) is 47.3 Å². The lowest BCUT2D eigenvalue weighted by Gasteiger charge is -2.62. The Bertz CT molecular complexity index is 620. The van der Waals surface area contributed by atoms with Crippen molar-refractivity contribution in [3.8, 4) is 0 Å². The fourth-order valence-electron chi connectivity index (χ4n) is 8.82. The van der Waals surface area contributed by atoms with Gasteiger partial charge in [0.05, 0.1) is 19.3 Å². The van der Waals surface area contributed by atoms with Crippen LogP contribution in [0.5, 0.6) is 0 Å². The highest BCUT2D eigenvalue weighted by atomic mass is 16.5. The first-order valence-corrected chi connectivity index (χ1v) is 12.1. The summed E-state index contributed by atoms with van der Waals surface area (Å²) >= 11 is 0. The zero-order valence-electron chi connectivity index (χ0n) is 18.9. The Morgan fingerprint density at radius 3 is 2.45 bits per heavy atom. The van der Waals surface area contributed by atoms with Gasteiger partial charge in [0.2, 0.25) is 0 Å². The van der Waals surface area contributed by atoms with E-state index in [1.807, 2.05) is 0 Å². The molecule has 0 radical (unpaired) electrons. The molecule has 0 aromatic heterocycles. The first-order chi connectivity index (χ1) is 13.7. The quantitative estimate of drug-likeness (QED) is 0.671. The van der Waals surface area contributed by atoms with Crippen LogP contribution in [-0.2, 0) is 9.53 Å².